The summed E-state index contributed by atoms with van der Waals surface area (Å²) in [7, 11) is -0.606. The quantitative estimate of drug-likeness (QED) is 0.0357. The SMILES string of the molecule is C1=CCC/C=C\CC1.C[C@@H]1OC(c2ccccc2)=N[C@@H]1C(Cc1ccccc1)(Cc1ccccc1)OP(C1CCCCC1)C1CCCCC1.Cc1cc(C)cc([B-](c2cc(C)cc(C(F)(F)F)c2)(c2cc(C)cc(C(F)(F)F)c2)c2cc(C(F)(F)F)cc(C(F)(F)F)c2)c1.[CH3-].[CH3-].[CH3-].[Ir]. The van der Waals surface area contributed by atoms with Gasteiger partial charge in [-0.05, 0) is 127 Å². The van der Waals surface area contributed by atoms with Gasteiger partial charge in [0.15, 0.2) is 0 Å². The van der Waals surface area contributed by atoms with E-state index in [1.807, 2.05) is 0 Å². The van der Waals surface area contributed by atoms with Gasteiger partial charge in [0.2, 0.25) is 5.90 Å². The number of alkyl halides is 12. The van der Waals surface area contributed by atoms with Crippen LogP contribution >= 0.6 is 8.15 Å². The summed E-state index contributed by atoms with van der Waals surface area (Å²) >= 11 is 0. The molecule has 2 atom stereocenters. The summed E-state index contributed by atoms with van der Waals surface area (Å²) in [5.74, 6) is 0.761. The number of ether oxygens (including phenoxy) is 1. The molecule has 0 bridgehead atoms. The van der Waals surface area contributed by atoms with Crippen LogP contribution in [0.1, 0.15) is 158 Å². The number of halogens is 12. The third kappa shape index (κ3) is 21.2. The van der Waals surface area contributed by atoms with Crippen LogP contribution in [0.15, 0.2) is 193 Å². The van der Waals surface area contributed by atoms with Gasteiger partial charge in [-0.2, -0.15) is 74.5 Å². The smallest absolute Gasteiger partial charge is 0.416 e. The zero-order chi connectivity index (χ0) is 67.5. The molecule has 533 valence electrons. The summed E-state index contributed by atoms with van der Waals surface area (Å²) in [5, 5.41) is 0. The fraction of sp³-hybridized carbons (Fsp3) is 0.375. The molecule has 1 radical (unpaired) electrons. The predicted molar refractivity (Wildman–Crippen MR) is 377 cm³/mol. The number of nitrogens with zero attached hydrogens (tertiary/aromatic N) is 1. The molecule has 4 aliphatic rings. The van der Waals surface area contributed by atoms with Gasteiger partial charge in [0.25, 0.3) is 0 Å². The van der Waals surface area contributed by atoms with E-state index in [4.69, 9.17) is 14.3 Å². The van der Waals surface area contributed by atoms with Crippen LogP contribution in [0.5, 0.6) is 0 Å². The topological polar surface area (TPSA) is 30.8 Å². The van der Waals surface area contributed by atoms with Gasteiger partial charge in [0.1, 0.15) is 23.9 Å². The molecular formula is C80H91BF12IrNO2P-4. The van der Waals surface area contributed by atoms with E-state index in [0.29, 0.717) is 46.7 Å². The molecule has 0 spiro atoms. The molecule has 3 nitrogen and oxygen atoms in total. The third-order valence-electron chi connectivity index (χ3n) is 18.4. The van der Waals surface area contributed by atoms with Crippen LogP contribution in [-0.4, -0.2) is 41.1 Å². The predicted octanol–water partition coefficient (Wildman–Crippen LogP) is 21.9. The molecule has 1 aliphatic heterocycles. The summed E-state index contributed by atoms with van der Waals surface area (Å²) in [6.45, 7) is 7.78. The van der Waals surface area contributed by atoms with Crippen molar-refractivity contribution in [2.24, 2.45) is 4.99 Å². The summed E-state index contributed by atoms with van der Waals surface area (Å²) in [5.41, 5.74) is -2.45. The van der Waals surface area contributed by atoms with Gasteiger partial charge in [-0.25, -0.2) is 4.99 Å². The van der Waals surface area contributed by atoms with Crippen molar-refractivity contribution in [3.8, 4) is 0 Å². The summed E-state index contributed by atoms with van der Waals surface area (Å²) in [6, 6.07) is 42.2. The molecule has 0 saturated heterocycles. The number of hydrogen-bond donors (Lipinski definition) is 0. The fourth-order valence-electron chi connectivity index (χ4n) is 14.3. The zero-order valence-corrected chi connectivity index (χ0v) is 60.5. The molecule has 3 aliphatic carbocycles. The Bertz CT molecular complexity index is 3510. The van der Waals surface area contributed by atoms with Crippen molar-refractivity contribution in [2.45, 2.75) is 191 Å². The van der Waals surface area contributed by atoms with E-state index in [1.165, 1.54) is 127 Å². The molecule has 0 amide bonds. The van der Waals surface area contributed by atoms with E-state index in [2.05, 4.69) is 122 Å². The van der Waals surface area contributed by atoms with Gasteiger partial charge in [-0.15, -0.1) is 0 Å². The van der Waals surface area contributed by atoms with E-state index in [9.17, 15) is 52.7 Å². The van der Waals surface area contributed by atoms with Crippen molar-refractivity contribution in [3.63, 3.8) is 0 Å². The van der Waals surface area contributed by atoms with Crippen molar-refractivity contribution in [1.29, 1.82) is 0 Å². The monoisotopic (exact) mass is 1560 g/mol. The van der Waals surface area contributed by atoms with Gasteiger partial charge >= 0.3 is 24.7 Å². The van der Waals surface area contributed by atoms with E-state index < -0.39 is 83.2 Å². The first kappa shape index (κ1) is 82.4. The standard InChI is InChI=1S/C37H46NO2P.C32H24BF12.C8H12.3CH3.Ir/c1-29-35(38-36(39-29)32-21-11-4-12-22-32)37(27-30-17-7-2-8-18-30,28-31-19-9-3-10-20-31)40-41(33-23-13-5-14-24-33)34-25-15-6-16-26-34;1-17-5-18(2)9-25(8-17)33(26-10-19(3)6-21(13-26)29(34,35)36,27-11-20(4)7-22(14-27)30(37,38)39)28-15-23(31(40,41)42)12-24(16-28)32(43,44)45;1-2-4-6-8-7-5-3-1;;;;/h2-4,7-12,17-22,29,33-35H,5-6,13-16,23-28H2,1H3;5-16H,1-4H3;1-2,7-8H,3-6H2;3*1H3;/q;-1;;3*-1;/b;;2-1-,8-7?;;;;/t29-,35-;;;;;;/m0....../s1. The molecule has 0 aromatic heterocycles. The molecule has 7 aromatic carbocycles. The molecular weight excluding hydrogens is 1470 g/mol. The number of allylic oxidation sites excluding steroid dienone is 4. The van der Waals surface area contributed by atoms with Crippen LogP contribution < -0.4 is 21.9 Å². The number of aliphatic imine (C=N–C) groups is 1. The normalized spacial score (nSPS) is 17.5. The van der Waals surface area contributed by atoms with Crippen LogP contribution in [0.4, 0.5) is 52.7 Å². The summed E-state index contributed by atoms with van der Waals surface area (Å²) in [4.78, 5) is 5.43. The van der Waals surface area contributed by atoms with Gasteiger partial charge in [-0.1, -0.05) is 219 Å². The Balaban J connectivity index is 0.000000306. The Morgan fingerprint density at radius 1 is 0.429 bits per heavy atom. The average Bonchev–Trinajstić information content (AvgIpc) is 0.829. The minimum Gasteiger partial charge on any atom is -0.472 e. The Hall–Kier alpha value is -6.25. The largest absolute Gasteiger partial charge is 0.472 e. The molecule has 0 N–H and O–H groups in total. The van der Waals surface area contributed by atoms with Crippen molar-refractivity contribution in [3.05, 3.63) is 272 Å². The first-order chi connectivity index (χ1) is 44.6. The first-order valence-corrected chi connectivity index (χ1v) is 34.1. The maximum atomic E-state index is 14.2. The average molecular weight is 1560 g/mol. The molecule has 18 heteroatoms. The number of aryl methyl sites for hydroxylation is 4. The zero-order valence-electron chi connectivity index (χ0n) is 57.2. The van der Waals surface area contributed by atoms with Crippen molar-refractivity contribution < 1.29 is 82.1 Å². The minimum atomic E-state index is -5.35. The molecule has 11 rings (SSSR count). The Morgan fingerprint density at radius 3 is 1.10 bits per heavy atom. The Kier molecular flexibility index (Phi) is 30.2. The summed E-state index contributed by atoms with van der Waals surface area (Å²) in [6.07, 6.45) is 4.75. The van der Waals surface area contributed by atoms with E-state index >= 15 is 0 Å². The second-order valence-corrected chi connectivity index (χ2v) is 28.3. The minimum absolute atomic E-state index is 0. The number of rotatable bonds is 14. The first-order valence-electron chi connectivity index (χ1n) is 32.7. The van der Waals surface area contributed by atoms with Crippen LogP contribution in [0.3, 0.4) is 0 Å². The van der Waals surface area contributed by atoms with E-state index in [0.717, 1.165) is 48.6 Å². The Morgan fingerprint density at radius 2 is 0.745 bits per heavy atom. The maximum absolute atomic E-state index is 14.2. The number of hydrogen-bond acceptors (Lipinski definition) is 3. The van der Waals surface area contributed by atoms with Gasteiger partial charge in [-0.3, -0.25) is 0 Å². The second kappa shape index (κ2) is 35.9. The van der Waals surface area contributed by atoms with Crippen LogP contribution in [0, 0.1) is 50.0 Å². The molecule has 0 unspecified atom stereocenters. The van der Waals surface area contributed by atoms with Crippen molar-refractivity contribution in [2.75, 3.05) is 0 Å². The van der Waals surface area contributed by atoms with Crippen LogP contribution in [-0.2, 0) is 66.9 Å². The van der Waals surface area contributed by atoms with Gasteiger partial charge < -0.3 is 31.5 Å². The van der Waals surface area contributed by atoms with Gasteiger partial charge in [0.05, 0.1) is 22.3 Å². The Labute approximate surface area is 588 Å². The van der Waals surface area contributed by atoms with Gasteiger partial charge in [0, 0.05) is 58.0 Å². The van der Waals surface area contributed by atoms with Crippen molar-refractivity contribution >= 4 is 42.0 Å². The fourth-order valence-corrected chi connectivity index (χ4v) is 17.6. The molecule has 1 heterocycles. The van der Waals surface area contributed by atoms with Crippen LogP contribution in [0.25, 0.3) is 0 Å². The molecule has 2 fully saturated rings. The van der Waals surface area contributed by atoms with E-state index in [1.54, 1.807) is 19.9 Å². The molecule has 7 aromatic rings. The summed E-state index contributed by atoms with van der Waals surface area (Å²) < 4.78 is 185. The number of benzene rings is 7. The second-order valence-electron chi connectivity index (χ2n) is 26.0. The van der Waals surface area contributed by atoms with E-state index in [-0.39, 0.29) is 77.2 Å². The van der Waals surface area contributed by atoms with Crippen LogP contribution in [0.2, 0.25) is 0 Å². The molecule has 2 saturated carbocycles. The maximum Gasteiger partial charge on any atom is 0.416 e. The third-order valence-corrected chi connectivity index (χ3v) is 21.5. The van der Waals surface area contributed by atoms with Crippen molar-refractivity contribution in [1.82, 2.24) is 0 Å². The molecule has 98 heavy (non-hydrogen) atoms.